The van der Waals surface area contributed by atoms with Crippen LogP contribution in [0.1, 0.15) is 44.0 Å². The Bertz CT molecular complexity index is 381. The maximum Gasteiger partial charge on any atom is 0.0555 e. The van der Waals surface area contributed by atoms with Crippen LogP contribution in [-0.4, -0.2) is 33.7 Å². The second kappa shape index (κ2) is 6.30. The number of aromatic nitrogens is 1. The lowest BCUT2D eigenvalue weighted by atomic mass is 9.91. The van der Waals surface area contributed by atoms with Gasteiger partial charge in [-0.3, -0.25) is 9.88 Å². The lowest BCUT2D eigenvalue weighted by Gasteiger charge is -2.35. The molecule has 2 unspecified atom stereocenters. The second-order valence-electron chi connectivity index (χ2n) is 5.31. The van der Waals surface area contributed by atoms with Crippen molar-refractivity contribution in [2.75, 3.05) is 6.54 Å². The Morgan fingerprint density at radius 2 is 2.22 bits per heavy atom. The fraction of sp³-hybridized carbons (Fsp3) is 0.667. The number of hydrogen-bond acceptors (Lipinski definition) is 3. The van der Waals surface area contributed by atoms with E-state index >= 15 is 0 Å². The van der Waals surface area contributed by atoms with Crippen LogP contribution < -0.4 is 0 Å². The molecule has 3 heteroatoms. The highest BCUT2D eigenvalue weighted by Gasteiger charge is 2.24. The highest BCUT2D eigenvalue weighted by Crippen LogP contribution is 2.24. The van der Waals surface area contributed by atoms with Crippen molar-refractivity contribution < 1.29 is 5.11 Å². The highest BCUT2D eigenvalue weighted by molar-refractivity contribution is 5.10. The minimum absolute atomic E-state index is 0.108. The van der Waals surface area contributed by atoms with E-state index < -0.39 is 0 Å². The molecule has 1 heterocycles. The summed E-state index contributed by atoms with van der Waals surface area (Å²) in [5, 5.41) is 9.79. The molecular weight excluding hydrogens is 224 g/mol. The van der Waals surface area contributed by atoms with E-state index in [1.807, 2.05) is 13.0 Å². The predicted octanol–water partition coefficient (Wildman–Crippen LogP) is 2.52. The van der Waals surface area contributed by atoms with Crippen molar-refractivity contribution in [3.63, 3.8) is 0 Å². The molecule has 1 aliphatic carbocycles. The van der Waals surface area contributed by atoms with Gasteiger partial charge in [0.15, 0.2) is 0 Å². The SMILES string of the molecule is CCN(Cc1cccc(C)n1)C1CCCC(O)C1. The third kappa shape index (κ3) is 3.53. The Labute approximate surface area is 110 Å². The van der Waals surface area contributed by atoms with Crippen LogP contribution in [-0.2, 0) is 6.54 Å². The fourth-order valence-electron chi connectivity index (χ4n) is 2.87. The van der Waals surface area contributed by atoms with Crippen molar-refractivity contribution in [3.05, 3.63) is 29.6 Å². The quantitative estimate of drug-likeness (QED) is 0.889. The van der Waals surface area contributed by atoms with Gasteiger partial charge in [-0.25, -0.2) is 0 Å². The summed E-state index contributed by atoms with van der Waals surface area (Å²) < 4.78 is 0. The van der Waals surface area contributed by atoms with Crippen LogP contribution in [0.2, 0.25) is 0 Å². The molecule has 100 valence electrons. The molecule has 0 bridgehead atoms. The minimum Gasteiger partial charge on any atom is -0.393 e. The molecule has 1 aromatic rings. The van der Waals surface area contributed by atoms with Gasteiger partial charge in [0, 0.05) is 18.3 Å². The van der Waals surface area contributed by atoms with Gasteiger partial charge in [-0.15, -0.1) is 0 Å². The van der Waals surface area contributed by atoms with Crippen LogP contribution in [0.4, 0.5) is 0 Å². The second-order valence-corrected chi connectivity index (χ2v) is 5.31. The molecule has 0 spiro atoms. The van der Waals surface area contributed by atoms with E-state index in [4.69, 9.17) is 0 Å². The largest absolute Gasteiger partial charge is 0.393 e. The number of aliphatic hydroxyl groups is 1. The van der Waals surface area contributed by atoms with Crippen LogP contribution in [0.25, 0.3) is 0 Å². The molecule has 0 amide bonds. The topological polar surface area (TPSA) is 36.4 Å². The van der Waals surface area contributed by atoms with E-state index in [0.29, 0.717) is 6.04 Å². The zero-order valence-corrected chi connectivity index (χ0v) is 11.5. The summed E-state index contributed by atoms with van der Waals surface area (Å²) >= 11 is 0. The van der Waals surface area contributed by atoms with E-state index in [1.165, 1.54) is 6.42 Å². The molecule has 2 atom stereocenters. The van der Waals surface area contributed by atoms with E-state index in [1.54, 1.807) is 0 Å². The van der Waals surface area contributed by atoms with Crippen molar-refractivity contribution in [1.29, 1.82) is 0 Å². The lowest BCUT2D eigenvalue weighted by molar-refractivity contribution is 0.0600. The maximum absolute atomic E-state index is 9.79. The number of nitrogens with zero attached hydrogens (tertiary/aromatic N) is 2. The Hall–Kier alpha value is -0.930. The van der Waals surface area contributed by atoms with Crippen molar-refractivity contribution in [1.82, 2.24) is 9.88 Å². The molecule has 0 saturated heterocycles. The maximum atomic E-state index is 9.79. The Balaban J connectivity index is 2.00. The molecule has 1 fully saturated rings. The van der Waals surface area contributed by atoms with Crippen LogP contribution in [0.15, 0.2) is 18.2 Å². The van der Waals surface area contributed by atoms with Crippen molar-refractivity contribution in [2.24, 2.45) is 0 Å². The average molecular weight is 248 g/mol. The summed E-state index contributed by atoms with van der Waals surface area (Å²) in [6.07, 6.45) is 4.12. The van der Waals surface area contributed by atoms with E-state index in [2.05, 4.69) is 28.9 Å². The summed E-state index contributed by atoms with van der Waals surface area (Å²) in [7, 11) is 0. The van der Waals surface area contributed by atoms with Crippen LogP contribution >= 0.6 is 0 Å². The average Bonchev–Trinajstić information content (AvgIpc) is 2.36. The predicted molar refractivity (Wildman–Crippen MR) is 73.3 cm³/mol. The molecule has 0 aliphatic heterocycles. The first kappa shape index (κ1) is 13.5. The minimum atomic E-state index is -0.108. The third-order valence-corrected chi connectivity index (χ3v) is 3.85. The summed E-state index contributed by atoms with van der Waals surface area (Å²) in [5.74, 6) is 0. The molecule has 0 radical (unpaired) electrons. The zero-order valence-electron chi connectivity index (χ0n) is 11.5. The smallest absolute Gasteiger partial charge is 0.0555 e. The summed E-state index contributed by atoms with van der Waals surface area (Å²) in [5.41, 5.74) is 2.21. The third-order valence-electron chi connectivity index (χ3n) is 3.85. The lowest BCUT2D eigenvalue weighted by Crippen LogP contribution is -2.39. The molecule has 18 heavy (non-hydrogen) atoms. The Kier molecular flexibility index (Phi) is 4.72. The Morgan fingerprint density at radius 1 is 1.39 bits per heavy atom. The Morgan fingerprint density at radius 3 is 2.89 bits per heavy atom. The van der Waals surface area contributed by atoms with Gasteiger partial charge in [0.05, 0.1) is 11.8 Å². The van der Waals surface area contributed by atoms with Gasteiger partial charge in [0.2, 0.25) is 0 Å². The van der Waals surface area contributed by atoms with Crippen molar-refractivity contribution in [2.45, 2.75) is 58.2 Å². The standard InChI is InChI=1S/C15H24N2O/c1-3-17(14-8-5-9-15(18)10-14)11-13-7-4-6-12(2)16-13/h4,6-7,14-15,18H,3,5,8-11H2,1-2H3. The molecule has 1 aliphatic rings. The number of aryl methyl sites for hydroxylation is 1. The highest BCUT2D eigenvalue weighted by atomic mass is 16.3. The first-order valence-electron chi connectivity index (χ1n) is 7.03. The van der Waals surface area contributed by atoms with Crippen LogP contribution in [0, 0.1) is 6.92 Å². The van der Waals surface area contributed by atoms with Gasteiger partial charge in [-0.1, -0.05) is 13.0 Å². The fourth-order valence-corrected chi connectivity index (χ4v) is 2.87. The van der Waals surface area contributed by atoms with Gasteiger partial charge in [-0.2, -0.15) is 0 Å². The molecule has 2 rings (SSSR count). The normalized spacial score (nSPS) is 24.4. The monoisotopic (exact) mass is 248 g/mol. The van der Waals surface area contributed by atoms with E-state index in [0.717, 1.165) is 43.7 Å². The summed E-state index contributed by atoms with van der Waals surface area (Å²) in [6.45, 7) is 6.14. The number of hydrogen-bond donors (Lipinski definition) is 1. The molecule has 1 saturated carbocycles. The summed E-state index contributed by atoms with van der Waals surface area (Å²) in [6, 6.07) is 6.71. The number of aliphatic hydroxyl groups excluding tert-OH is 1. The van der Waals surface area contributed by atoms with Crippen LogP contribution in [0.3, 0.4) is 0 Å². The van der Waals surface area contributed by atoms with E-state index in [-0.39, 0.29) is 6.10 Å². The molecule has 3 nitrogen and oxygen atoms in total. The van der Waals surface area contributed by atoms with E-state index in [9.17, 15) is 5.11 Å². The first-order chi connectivity index (χ1) is 8.69. The van der Waals surface area contributed by atoms with Gasteiger partial charge in [0.1, 0.15) is 0 Å². The number of pyridine rings is 1. The zero-order chi connectivity index (χ0) is 13.0. The van der Waals surface area contributed by atoms with Crippen molar-refractivity contribution in [3.8, 4) is 0 Å². The van der Waals surface area contributed by atoms with Crippen molar-refractivity contribution >= 4 is 0 Å². The van der Waals surface area contributed by atoms with Gasteiger partial charge < -0.3 is 5.11 Å². The van der Waals surface area contributed by atoms with Gasteiger partial charge >= 0.3 is 0 Å². The first-order valence-corrected chi connectivity index (χ1v) is 7.03. The van der Waals surface area contributed by atoms with Crippen LogP contribution in [0.5, 0.6) is 0 Å². The molecule has 1 N–H and O–H groups in total. The summed E-state index contributed by atoms with van der Waals surface area (Å²) in [4.78, 5) is 7.02. The molecule has 0 aromatic carbocycles. The van der Waals surface area contributed by atoms with Gasteiger partial charge in [-0.05, 0) is 51.3 Å². The molecular formula is C15H24N2O. The van der Waals surface area contributed by atoms with Gasteiger partial charge in [0.25, 0.3) is 0 Å². The molecule has 1 aromatic heterocycles. The number of rotatable bonds is 4.